The minimum absolute atomic E-state index is 0.0127. The molecule has 2 rings (SSSR count). The van der Waals surface area contributed by atoms with E-state index in [0.717, 1.165) is 24.2 Å². The van der Waals surface area contributed by atoms with Gasteiger partial charge < -0.3 is 9.84 Å². The fourth-order valence-corrected chi connectivity index (χ4v) is 1.65. The Balaban J connectivity index is 2.12. The molecule has 1 aromatic rings. The van der Waals surface area contributed by atoms with Crippen molar-refractivity contribution < 1.29 is 9.84 Å². The molecule has 0 atom stereocenters. The topological polar surface area (TPSA) is 55.2 Å². The third-order valence-corrected chi connectivity index (χ3v) is 2.33. The first-order valence-corrected chi connectivity index (χ1v) is 4.98. The maximum absolute atomic E-state index is 8.59. The molecule has 0 unspecified atom stereocenters. The van der Waals surface area contributed by atoms with Gasteiger partial charge in [0.15, 0.2) is 0 Å². The number of fused-ring (bicyclic) bond motifs is 1. The Morgan fingerprint density at radius 1 is 1.29 bits per heavy atom. The second-order valence-electron chi connectivity index (χ2n) is 3.38. The molecule has 4 heteroatoms. The van der Waals surface area contributed by atoms with Gasteiger partial charge in [0.05, 0.1) is 24.2 Å². The Bertz CT molecular complexity index is 315. The molecule has 1 aromatic heterocycles. The highest BCUT2D eigenvalue weighted by Gasteiger charge is 2.12. The van der Waals surface area contributed by atoms with Crippen LogP contribution in [0.3, 0.4) is 0 Å². The Morgan fingerprint density at radius 2 is 2.07 bits per heavy atom. The summed E-state index contributed by atoms with van der Waals surface area (Å²) < 4.78 is 5.20. The van der Waals surface area contributed by atoms with Gasteiger partial charge in [0.25, 0.3) is 0 Å². The average molecular weight is 194 g/mol. The van der Waals surface area contributed by atoms with E-state index in [9.17, 15) is 0 Å². The van der Waals surface area contributed by atoms with Gasteiger partial charge in [0.1, 0.15) is 6.61 Å². The highest BCUT2D eigenvalue weighted by molar-refractivity contribution is 5.19. The molecule has 0 saturated carbocycles. The van der Waals surface area contributed by atoms with Crippen LogP contribution in [0.25, 0.3) is 0 Å². The van der Waals surface area contributed by atoms with Crippen molar-refractivity contribution in [2.24, 2.45) is 0 Å². The molecule has 0 spiro atoms. The number of hydrogen-bond donors (Lipinski definition) is 1. The highest BCUT2D eigenvalue weighted by atomic mass is 16.5. The molecule has 0 radical (unpaired) electrons. The lowest BCUT2D eigenvalue weighted by molar-refractivity contribution is 0.195. The Labute approximate surface area is 83.0 Å². The fraction of sp³-hybridized carbons (Fsp3) is 0.600. The molecule has 4 nitrogen and oxygen atoms in total. The van der Waals surface area contributed by atoms with Crippen LogP contribution in [-0.4, -0.2) is 28.3 Å². The number of ether oxygens (including phenoxy) is 1. The number of rotatable bonds is 3. The quantitative estimate of drug-likeness (QED) is 0.770. The third kappa shape index (κ3) is 2.01. The van der Waals surface area contributed by atoms with E-state index in [1.807, 2.05) is 0 Å². The fourth-order valence-electron chi connectivity index (χ4n) is 1.65. The largest absolute Gasteiger partial charge is 0.474 e. The van der Waals surface area contributed by atoms with Gasteiger partial charge >= 0.3 is 0 Å². The maximum Gasteiger partial charge on any atom is 0.232 e. The summed E-state index contributed by atoms with van der Waals surface area (Å²) in [6.45, 7) is 0.298. The number of aromatic nitrogens is 2. The highest BCUT2D eigenvalue weighted by Crippen LogP contribution is 2.19. The average Bonchev–Trinajstić information content (AvgIpc) is 2.26. The van der Waals surface area contributed by atoms with Crippen molar-refractivity contribution in [3.8, 4) is 5.88 Å². The lowest BCUT2D eigenvalue weighted by Gasteiger charge is -2.14. The molecular formula is C10H14N2O2. The molecule has 1 aliphatic carbocycles. The minimum atomic E-state index is 0.0127. The zero-order valence-corrected chi connectivity index (χ0v) is 8.07. The van der Waals surface area contributed by atoms with Gasteiger partial charge in [-0.15, -0.1) is 0 Å². The van der Waals surface area contributed by atoms with Crippen molar-refractivity contribution in [1.29, 1.82) is 0 Å². The number of aryl methyl sites for hydroxylation is 2. The summed E-state index contributed by atoms with van der Waals surface area (Å²) in [6, 6.07) is 0. The van der Waals surface area contributed by atoms with Gasteiger partial charge in [-0.2, -0.15) is 0 Å². The summed E-state index contributed by atoms with van der Waals surface area (Å²) in [7, 11) is 0. The first kappa shape index (κ1) is 9.40. The second kappa shape index (κ2) is 4.37. The summed E-state index contributed by atoms with van der Waals surface area (Å²) in [5, 5.41) is 8.59. The number of nitrogens with zero attached hydrogens (tertiary/aromatic N) is 2. The molecule has 0 fully saturated rings. The summed E-state index contributed by atoms with van der Waals surface area (Å²) >= 11 is 0. The zero-order valence-electron chi connectivity index (χ0n) is 8.07. The van der Waals surface area contributed by atoms with E-state index in [0.29, 0.717) is 5.88 Å². The van der Waals surface area contributed by atoms with Gasteiger partial charge in [0, 0.05) is 0 Å². The van der Waals surface area contributed by atoms with Crippen LogP contribution in [0, 0.1) is 0 Å². The predicted molar refractivity (Wildman–Crippen MR) is 51.3 cm³/mol. The van der Waals surface area contributed by atoms with Gasteiger partial charge in [-0.3, -0.25) is 4.98 Å². The second-order valence-corrected chi connectivity index (χ2v) is 3.38. The lowest BCUT2D eigenvalue weighted by Crippen LogP contribution is -2.10. The molecule has 0 amide bonds. The van der Waals surface area contributed by atoms with Crippen LogP contribution < -0.4 is 4.74 Å². The maximum atomic E-state index is 8.59. The van der Waals surface area contributed by atoms with Gasteiger partial charge in [-0.25, -0.2) is 4.98 Å². The van der Waals surface area contributed by atoms with Gasteiger partial charge in [0.2, 0.25) is 5.88 Å². The van der Waals surface area contributed by atoms with Crippen LogP contribution in [-0.2, 0) is 12.8 Å². The summed E-state index contributed by atoms with van der Waals surface area (Å²) in [5.74, 6) is 0.528. The third-order valence-electron chi connectivity index (χ3n) is 2.33. The molecule has 0 aliphatic heterocycles. The zero-order chi connectivity index (χ0) is 9.80. The van der Waals surface area contributed by atoms with Crippen molar-refractivity contribution >= 4 is 0 Å². The lowest BCUT2D eigenvalue weighted by atomic mass is 10.0. The molecule has 0 aromatic carbocycles. The number of hydrogen-bond acceptors (Lipinski definition) is 4. The monoisotopic (exact) mass is 194 g/mol. The van der Waals surface area contributed by atoms with Crippen molar-refractivity contribution in [2.75, 3.05) is 13.2 Å². The normalized spacial score (nSPS) is 14.9. The van der Waals surface area contributed by atoms with Crippen molar-refractivity contribution in [1.82, 2.24) is 9.97 Å². The standard InChI is InChI=1S/C10H14N2O2/c13-5-6-14-10-7-11-8-3-1-2-4-9(8)12-10/h7,13H,1-6H2. The summed E-state index contributed by atoms with van der Waals surface area (Å²) in [5.41, 5.74) is 2.17. The molecule has 0 bridgehead atoms. The molecule has 14 heavy (non-hydrogen) atoms. The molecular weight excluding hydrogens is 180 g/mol. The van der Waals surface area contributed by atoms with E-state index >= 15 is 0 Å². The van der Waals surface area contributed by atoms with E-state index in [4.69, 9.17) is 9.84 Å². The minimum Gasteiger partial charge on any atom is -0.474 e. The summed E-state index contributed by atoms with van der Waals surface area (Å²) in [6.07, 6.45) is 6.06. The van der Waals surface area contributed by atoms with E-state index in [2.05, 4.69) is 9.97 Å². The SMILES string of the molecule is OCCOc1cnc2c(n1)CCCC2. The van der Waals surface area contributed by atoms with Crippen LogP contribution in [0.2, 0.25) is 0 Å². The Hall–Kier alpha value is -1.16. The van der Waals surface area contributed by atoms with Crippen LogP contribution in [0.1, 0.15) is 24.2 Å². The van der Waals surface area contributed by atoms with Crippen LogP contribution in [0.5, 0.6) is 5.88 Å². The Kier molecular flexibility index (Phi) is 2.93. The van der Waals surface area contributed by atoms with Crippen molar-refractivity contribution in [3.05, 3.63) is 17.6 Å². The first-order chi connectivity index (χ1) is 6.90. The van der Waals surface area contributed by atoms with Gasteiger partial charge in [-0.1, -0.05) is 0 Å². The first-order valence-electron chi connectivity index (χ1n) is 4.98. The molecule has 1 N–H and O–H groups in total. The smallest absolute Gasteiger partial charge is 0.232 e. The molecule has 76 valence electrons. The number of aliphatic hydroxyl groups is 1. The van der Waals surface area contributed by atoms with E-state index in [-0.39, 0.29) is 13.2 Å². The van der Waals surface area contributed by atoms with Crippen LogP contribution >= 0.6 is 0 Å². The van der Waals surface area contributed by atoms with Crippen LogP contribution in [0.4, 0.5) is 0 Å². The van der Waals surface area contributed by atoms with E-state index in [1.54, 1.807) is 6.20 Å². The van der Waals surface area contributed by atoms with E-state index < -0.39 is 0 Å². The summed E-state index contributed by atoms with van der Waals surface area (Å²) in [4.78, 5) is 8.66. The predicted octanol–water partition coefficient (Wildman–Crippen LogP) is 0.726. The number of aliphatic hydroxyl groups excluding tert-OH is 1. The molecule has 1 heterocycles. The molecule has 0 saturated heterocycles. The molecule has 1 aliphatic rings. The van der Waals surface area contributed by atoms with Crippen LogP contribution in [0.15, 0.2) is 6.20 Å². The van der Waals surface area contributed by atoms with Crippen molar-refractivity contribution in [2.45, 2.75) is 25.7 Å². The van der Waals surface area contributed by atoms with Crippen molar-refractivity contribution in [3.63, 3.8) is 0 Å². The Morgan fingerprint density at radius 3 is 2.86 bits per heavy atom. The van der Waals surface area contributed by atoms with E-state index in [1.165, 1.54) is 12.8 Å². The van der Waals surface area contributed by atoms with Gasteiger partial charge in [-0.05, 0) is 25.7 Å².